The summed E-state index contributed by atoms with van der Waals surface area (Å²) in [6.45, 7) is 2.44. The summed E-state index contributed by atoms with van der Waals surface area (Å²) < 4.78 is 13.3. The summed E-state index contributed by atoms with van der Waals surface area (Å²) >= 11 is 0. The minimum atomic E-state index is -0.438. The van der Waals surface area contributed by atoms with Gasteiger partial charge >= 0.3 is 5.97 Å². The third-order valence-electron chi connectivity index (χ3n) is 5.79. The van der Waals surface area contributed by atoms with Gasteiger partial charge in [-0.1, -0.05) is 42.5 Å². The first-order valence-corrected chi connectivity index (χ1v) is 10.7. The molecule has 33 heavy (non-hydrogen) atoms. The summed E-state index contributed by atoms with van der Waals surface area (Å²) in [4.78, 5) is 12.5. The number of aromatic nitrogens is 1. The van der Waals surface area contributed by atoms with E-state index in [4.69, 9.17) is 9.47 Å². The molecule has 164 valence electrons. The van der Waals surface area contributed by atoms with Crippen molar-refractivity contribution >= 4 is 27.8 Å². The van der Waals surface area contributed by atoms with Gasteiger partial charge in [-0.3, -0.25) is 0 Å². The van der Waals surface area contributed by atoms with E-state index < -0.39 is 5.97 Å². The predicted molar refractivity (Wildman–Crippen MR) is 129 cm³/mol. The fourth-order valence-corrected chi connectivity index (χ4v) is 4.35. The number of fused-ring (bicyclic) bond motifs is 3. The zero-order valence-corrected chi connectivity index (χ0v) is 18.4. The molecule has 5 rings (SSSR count). The van der Waals surface area contributed by atoms with Crippen molar-refractivity contribution in [2.75, 3.05) is 7.11 Å². The van der Waals surface area contributed by atoms with Crippen molar-refractivity contribution in [3.05, 3.63) is 102 Å². The fraction of sp³-hybridized carbons (Fsp3) is 0.107. The Morgan fingerprint density at radius 3 is 2.42 bits per heavy atom. The Labute approximate surface area is 191 Å². The largest absolute Gasteiger partial charge is 0.507 e. The van der Waals surface area contributed by atoms with Crippen LogP contribution in [-0.4, -0.2) is 22.8 Å². The lowest BCUT2D eigenvalue weighted by Crippen LogP contribution is -2.03. The molecule has 0 atom stereocenters. The Balaban J connectivity index is 1.72. The number of hydrogen-bond acceptors (Lipinski definition) is 4. The molecule has 5 aromatic rings. The Kier molecular flexibility index (Phi) is 5.23. The number of aryl methyl sites for hydroxylation is 1. The fourth-order valence-electron chi connectivity index (χ4n) is 4.35. The number of aromatic hydroxyl groups is 1. The van der Waals surface area contributed by atoms with Crippen LogP contribution in [0.4, 0.5) is 0 Å². The number of hydrogen-bond donors (Lipinski definition) is 1. The van der Waals surface area contributed by atoms with E-state index in [-0.39, 0.29) is 5.75 Å². The Bertz CT molecular complexity index is 1480. The van der Waals surface area contributed by atoms with Crippen LogP contribution in [0, 0.1) is 6.92 Å². The van der Waals surface area contributed by atoms with Gasteiger partial charge in [0.25, 0.3) is 0 Å². The molecule has 0 unspecified atom stereocenters. The molecule has 1 N–H and O–H groups in total. The van der Waals surface area contributed by atoms with Crippen LogP contribution in [0.2, 0.25) is 0 Å². The highest BCUT2D eigenvalue weighted by Gasteiger charge is 2.21. The van der Waals surface area contributed by atoms with E-state index >= 15 is 0 Å². The number of rotatable bonds is 5. The lowest BCUT2D eigenvalue weighted by molar-refractivity contribution is 0.0603. The monoisotopic (exact) mass is 437 g/mol. The minimum absolute atomic E-state index is 0.138. The van der Waals surface area contributed by atoms with Gasteiger partial charge in [0.2, 0.25) is 0 Å². The topological polar surface area (TPSA) is 60.7 Å². The van der Waals surface area contributed by atoms with Crippen LogP contribution >= 0.6 is 0 Å². The molecular formula is C28H23NO4. The van der Waals surface area contributed by atoms with Gasteiger partial charge in [-0.2, -0.15) is 0 Å². The van der Waals surface area contributed by atoms with E-state index in [9.17, 15) is 9.90 Å². The molecule has 0 aliphatic carbocycles. The van der Waals surface area contributed by atoms with E-state index in [1.165, 1.54) is 7.11 Å². The summed E-state index contributed by atoms with van der Waals surface area (Å²) in [5, 5.41) is 12.2. The van der Waals surface area contributed by atoms with Crippen molar-refractivity contribution in [1.82, 2.24) is 4.57 Å². The average Bonchev–Trinajstić information content (AvgIpc) is 3.14. The van der Waals surface area contributed by atoms with Crippen LogP contribution in [0.15, 0.2) is 84.9 Å². The van der Waals surface area contributed by atoms with Gasteiger partial charge in [0.05, 0.1) is 35.6 Å². The molecule has 1 heterocycles. The number of phenols is 1. The van der Waals surface area contributed by atoms with Gasteiger partial charge in [0.1, 0.15) is 17.2 Å². The number of para-hydroxylation sites is 2. The van der Waals surface area contributed by atoms with Crippen molar-refractivity contribution in [3.63, 3.8) is 0 Å². The van der Waals surface area contributed by atoms with E-state index in [2.05, 4.69) is 4.57 Å². The Morgan fingerprint density at radius 1 is 0.879 bits per heavy atom. The molecule has 0 aliphatic heterocycles. The summed E-state index contributed by atoms with van der Waals surface area (Å²) in [6.07, 6.45) is 0. The van der Waals surface area contributed by atoms with E-state index in [1.807, 2.05) is 79.7 Å². The first kappa shape index (κ1) is 20.6. The van der Waals surface area contributed by atoms with E-state index in [0.717, 1.165) is 33.7 Å². The quantitative estimate of drug-likeness (QED) is 0.322. The van der Waals surface area contributed by atoms with Gasteiger partial charge in [-0.15, -0.1) is 0 Å². The summed E-state index contributed by atoms with van der Waals surface area (Å²) in [6, 6.07) is 26.8. The van der Waals surface area contributed by atoms with Crippen LogP contribution < -0.4 is 4.74 Å². The average molecular weight is 437 g/mol. The maximum atomic E-state index is 12.5. The number of ether oxygens (including phenoxy) is 2. The molecule has 0 radical (unpaired) electrons. The molecular weight excluding hydrogens is 414 g/mol. The number of carbonyl (C=O) groups excluding carboxylic acids is 1. The zero-order chi connectivity index (χ0) is 22.9. The molecule has 0 bridgehead atoms. The first-order valence-electron chi connectivity index (χ1n) is 10.7. The van der Waals surface area contributed by atoms with Gasteiger partial charge in [-0.05, 0) is 55.0 Å². The summed E-state index contributed by atoms with van der Waals surface area (Å²) in [7, 11) is 1.36. The highest BCUT2D eigenvalue weighted by molar-refractivity contribution is 6.19. The molecule has 4 aromatic carbocycles. The number of esters is 1. The molecule has 5 nitrogen and oxygen atoms in total. The molecule has 0 saturated carbocycles. The van der Waals surface area contributed by atoms with Gasteiger partial charge in [-0.25, -0.2) is 4.79 Å². The second-order valence-corrected chi connectivity index (χ2v) is 7.98. The van der Waals surface area contributed by atoms with Gasteiger partial charge in [0.15, 0.2) is 0 Å². The van der Waals surface area contributed by atoms with Crippen LogP contribution in [0.5, 0.6) is 17.2 Å². The third kappa shape index (κ3) is 3.68. The number of nitrogens with zero attached hydrogens (tertiary/aromatic N) is 1. The molecule has 0 amide bonds. The number of methoxy groups -OCH3 is 1. The van der Waals surface area contributed by atoms with Crippen LogP contribution in [0.1, 0.15) is 21.5 Å². The SMILES string of the molecule is COC(=O)c1cccc2c1c1c(O)cc(C)cc1n2Cc1ccccc1Oc1ccccc1. The molecule has 0 saturated heterocycles. The lowest BCUT2D eigenvalue weighted by atomic mass is 10.0. The van der Waals surface area contributed by atoms with Crippen molar-refractivity contribution in [2.24, 2.45) is 0 Å². The zero-order valence-electron chi connectivity index (χ0n) is 18.4. The lowest BCUT2D eigenvalue weighted by Gasteiger charge is -2.14. The highest BCUT2D eigenvalue weighted by Crippen LogP contribution is 2.39. The maximum Gasteiger partial charge on any atom is 0.338 e. The van der Waals surface area contributed by atoms with E-state index in [0.29, 0.717) is 22.9 Å². The van der Waals surface area contributed by atoms with Crippen LogP contribution in [0.3, 0.4) is 0 Å². The van der Waals surface area contributed by atoms with Gasteiger partial charge < -0.3 is 19.1 Å². The third-order valence-corrected chi connectivity index (χ3v) is 5.79. The van der Waals surface area contributed by atoms with Crippen molar-refractivity contribution in [3.8, 4) is 17.2 Å². The molecule has 5 heteroatoms. The normalized spacial score (nSPS) is 11.1. The highest BCUT2D eigenvalue weighted by atomic mass is 16.5. The van der Waals surface area contributed by atoms with Crippen molar-refractivity contribution in [2.45, 2.75) is 13.5 Å². The van der Waals surface area contributed by atoms with E-state index in [1.54, 1.807) is 12.1 Å². The predicted octanol–water partition coefficient (Wildman–Crippen LogP) is 6.44. The van der Waals surface area contributed by atoms with Crippen molar-refractivity contribution < 1.29 is 19.4 Å². The maximum absolute atomic E-state index is 12.5. The second kappa shape index (κ2) is 8.36. The molecule has 0 aliphatic rings. The number of phenolic OH excluding ortho intramolecular Hbond substituents is 1. The number of benzene rings is 4. The minimum Gasteiger partial charge on any atom is -0.507 e. The van der Waals surface area contributed by atoms with Crippen LogP contribution in [-0.2, 0) is 11.3 Å². The Morgan fingerprint density at radius 2 is 1.64 bits per heavy atom. The molecule has 1 aromatic heterocycles. The van der Waals surface area contributed by atoms with Gasteiger partial charge in [0, 0.05) is 10.9 Å². The number of carbonyl (C=O) groups is 1. The molecule has 0 spiro atoms. The Hall–Kier alpha value is -4.25. The van der Waals surface area contributed by atoms with Crippen LogP contribution in [0.25, 0.3) is 21.8 Å². The smallest absolute Gasteiger partial charge is 0.338 e. The molecule has 0 fully saturated rings. The first-order chi connectivity index (χ1) is 16.1. The summed E-state index contributed by atoms with van der Waals surface area (Å²) in [5.41, 5.74) is 4.01. The second-order valence-electron chi connectivity index (χ2n) is 7.98. The standard InChI is InChI=1S/C28H23NO4/c1-18-15-23-27(24(30)16-18)26-21(28(31)32-2)12-8-13-22(26)29(23)17-19-9-6-7-14-25(19)33-20-10-4-3-5-11-20/h3-16,30H,17H2,1-2H3. The van der Waals surface area contributed by atoms with Crippen molar-refractivity contribution in [1.29, 1.82) is 0 Å². The summed E-state index contributed by atoms with van der Waals surface area (Å²) in [5.74, 6) is 1.21.